The monoisotopic (exact) mass is 268 g/mol. The maximum absolute atomic E-state index is 12.0. The Morgan fingerprint density at radius 2 is 1.79 bits per heavy atom. The highest BCUT2D eigenvalue weighted by atomic mass is 16.6. The minimum Gasteiger partial charge on any atom is -0.455 e. The minimum atomic E-state index is -0.636. The molecule has 0 bridgehead atoms. The summed E-state index contributed by atoms with van der Waals surface area (Å²) in [7, 11) is 0. The zero-order valence-corrected chi connectivity index (χ0v) is 13.0. The van der Waals surface area contributed by atoms with Gasteiger partial charge in [-0.25, -0.2) is 4.79 Å². The molecule has 0 aliphatic heterocycles. The molecule has 1 rings (SSSR count). The van der Waals surface area contributed by atoms with Crippen molar-refractivity contribution in [1.29, 1.82) is 0 Å². The van der Waals surface area contributed by atoms with Gasteiger partial charge in [-0.15, -0.1) is 0 Å². The van der Waals surface area contributed by atoms with Gasteiger partial charge in [0.1, 0.15) is 5.60 Å². The van der Waals surface area contributed by atoms with Crippen molar-refractivity contribution in [2.75, 3.05) is 0 Å². The van der Waals surface area contributed by atoms with Gasteiger partial charge in [0.15, 0.2) is 0 Å². The van der Waals surface area contributed by atoms with Crippen LogP contribution < -0.4 is 0 Å². The Morgan fingerprint density at radius 3 is 2.16 bits per heavy atom. The summed E-state index contributed by atoms with van der Waals surface area (Å²) in [4.78, 5) is 12.0. The van der Waals surface area contributed by atoms with E-state index in [2.05, 4.69) is 27.4 Å². The van der Waals surface area contributed by atoms with E-state index in [1.807, 2.05) is 6.92 Å². The third-order valence-corrected chi connectivity index (χ3v) is 4.89. The summed E-state index contributed by atoms with van der Waals surface area (Å²) >= 11 is 0. The Morgan fingerprint density at radius 1 is 1.32 bits per heavy atom. The topological polar surface area (TPSA) is 46.5 Å². The van der Waals surface area contributed by atoms with Crippen LogP contribution in [-0.2, 0) is 9.53 Å². The Hall–Kier alpha value is -0.830. The number of hydrogen-bond acceptors (Lipinski definition) is 3. The highest BCUT2D eigenvalue weighted by molar-refractivity contribution is 5.87. The maximum Gasteiger partial charge on any atom is 0.333 e. The second-order valence-electron chi connectivity index (χ2n) is 6.90. The number of carbonyl (C=O) groups excluding carboxylic acids is 1. The summed E-state index contributed by atoms with van der Waals surface area (Å²) in [5.74, 6) is -0.317. The van der Waals surface area contributed by atoms with Crippen LogP contribution in [0.5, 0.6) is 0 Å². The Bertz CT molecular complexity index is 356. The normalized spacial score (nSPS) is 31.9. The van der Waals surface area contributed by atoms with Gasteiger partial charge in [-0.2, -0.15) is 0 Å². The second-order valence-corrected chi connectivity index (χ2v) is 6.90. The first-order chi connectivity index (χ1) is 8.55. The highest BCUT2D eigenvalue weighted by Crippen LogP contribution is 2.49. The first-order valence-corrected chi connectivity index (χ1v) is 7.16. The molecule has 1 saturated carbocycles. The molecule has 1 fully saturated rings. The molecular formula is C16H28O3. The van der Waals surface area contributed by atoms with Crippen LogP contribution in [0.15, 0.2) is 12.2 Å². The molecule has 0 radical (unpaired) electrons. The molecule has 3 nitrogen and oxygen atoms in total. The fraction of sp³-hybridized carbons (Fsp3) is 0.812. The van der Waals surface area contributed by atoms with Gasteiger partial charge in [0.2, 0.25) is 0 Å². The molecule has 0 saturated heterocycles. The average Bonchev–Trinajstić information content (AvgIpc) is 2.31. The van der Waals surface area contributed by atoms with Gasteiger partial charge in [-0.3, -0.25) is 0 Å². The summed E-state index contributed by atoms with van der Waals surface area (Å²) in [6, 6.07) is 0. The molecule has 3 heteroatoms. The lowest BCUT2D eigenvalue weighted by atomic mass is 9.63. The predicted molar refractivity (Wildman–Crippen MR) is 76.8 cm³/mol. The SMILES string of the molecule is C=C(C)C(=O)OC1(C(C)(C)CC)CCC(C)(O)CC1. The minimum absolute atomic E-state index is 0.103. The van der Waals surface area contributed by atoms with Crippen molar-refractivity contribution in [3.63, 3.8) is 0 Å². The van der Waals surface area contributed by atoms with E-state index in [1.165, 1.54) is 0 Å². The van der Waals surface area contributed by atoms with E-state index < -0.39 is 11.2 Å². The molecule has 110 valence electrons. The van der Waals surface area contributed by atoms with Gasteiger partial charge < -0.3 is 9.84 Å². The van der Waals surface area contributed by atoms with Crippen LogP contribution in [-0.4, -0.2) is 22.3 Å². The van der Waals surface area contributed by atoms with Crippen LogP contribution in [0.3, 0.4) is 0 Å². The smallest absolute Gasteiger partial charge is 0.333 e. The standard InChI is InChI=1S/C16H28O3/c1-7-14(4,5)16(19-13(17)12(2)3)10-8-15(6,18)9-11-16/h18H,2,7-11H2,1,3-6H3. The molecule has 0 heterocycles. The molecule has 0 atom stereocenters. The number of rotatable bonds is 4. The van der Waals surface area contributed by atoms with Crippen molar-refractivity contribution in [2.45, 2.75) is 77.9 Å². The lowest BCUT2D eigenvalue weighted by Crippen LogP contribution is -2.53. The fourth-order valence-corrected chi connectivity index (χ4v) is 2.70. The third-order valence-electron chi connectivity index (χ3n) is 4.89. The number of hydrogen-bond donors (Lipinski definition) is 1. The van der Waals surface area contributed by atoms with E-state index in [9.17, 15) is 9.90 Å². The number of carbonyl (C=O) groups is 1. The van der Waals surface area contributed by atoms with Crippen LogP contribution in [0.25, 0.3) is 0 Å². The molecule has 19 heavy (non-hydrogen) atoms. The summed E-state index contributed by atoms with van der Waals surface area (Å²) in [6.07, 6.45) is 3.68. The fourth-order valence-electron chi connectivity index (χ4n) is 2.70. The van der Waals surface area contributed by atoms with Gasteiger partial charge >= 0.3 is 5.97 Å². The van der Waals surface area contributed by atoms with Gasteiger partial charge in [0.05, 0.1) is 5.60 Å². The van der Waals surface area contributed by atoms with Gasteiger partial charge in [0.25, 0.3) is 0 Å². The van der Waals surface area contributed by atoms with E-state index in [-0.39, 0.29) is 11.4 Å². The number of esters is 1. The van der Waals surface area contributed by atoms with Crippen molar-refractivity contribution in [3.05, 3.63) is 12.2 Å². The maximum atomic E-state index is 12.0. The lowest BCUT2D eigenvalue weighted by Gasteiger charge is -2.50. The van der Waals surface area contributed by atoms with E-state index in [0.717, 1.165) is 6.42 Å². The summed E-state index contributed by atoms with van der Waals surface area (Å²) < 4.78 is 5.84. The first-order valence-electron chi connectivity index (χ1n) is 7.16. The van der Waals surface area contributed by atoms with E-state index in [0.29, 0.717) is 31.3 Å². The van der Waals surface area contributed by atoms with Crippen LogP contribution in [0.4, 0.5) is 0 Å². The van der Waals surface area contributed by atoms with Crippen molar-refractivity contribution in [2.24, 2.45) is 5.41 Å². The molecule has 0 aromatic heterocycles. The summed E-state index contributed by atoms with van der Waals surface area (Å²) in [5.41, 5.74) is -0.791. The molecule has 0 spiro atoms. The van der Waals surface area contributed by atoms with Crippen molar-refractivity contribution >= 4 is 5.97 Å². The zero-order valence-electron chi connectivity index (χ0n) is 13.0. The van der Waals surface area contributed by atoms with Gasteiger partial charge in [-0.1, -0.05) is 27.4 Å². The number of ether oxygens (including phenoxy) is 1. The molecule has 1 N–H and O–H groups in total. The third kappa shape index (κ3) is 3.38. The Kier molecular flexibility index (Phi) is 4.51. The molecular weight excluding hydrogens is 240 g/mol. The van der Waals surface area contributed by atoms with Crippen LogP contribution >= 0.6 is 0 Å². The van der Waals surface area contributed by atoms with E-state index in [1.54, 1.807) is 6.92 Å². The van der Waals surface area contributed by atoms with Gasteiger partial charge in [-0.05, 0) is 46.0 Å². The van der Waals surface area contributed by atoms with Crippen LogP contribution in [0.1, 0.15) is 66.7 Å². The largest absolute Gasteiger partial charge is 0.455 e. The lowest BCUT2D eigenvalue weighted by molar-refractivity contribution is -0.187. The van der Waals surface area contributed by atoms with Crippen LogP contribution in [0, 0.1) is 5.41 Å². The molecule has 0 unspecified atom stereocenters. The van der Waals surface area contributed by atoms with Crippen molar-refractivity contribution in [1.82, 2.24) is 0 Å². The molecule has 0 amide bonds. The summed E-state index contributed by atoms with van der Waals surface area (Å²) in [5, 5.41) is 10.1. The first kappa shape index (κ1) is 16.2. The molecule has 0 aromatic carbocycles. The average molecular weight is 268 g/mol. The quantitative estimate of drug-likeness (QED) is 0.626. The van der Waals surface area contributed by atoms with Gasteiger partial charge in [0, 0.05) is 11.0 Å². The number of aliphatic hydroxyl groups is 1. The van der Waals surface area contributed by atoms with Crippen molar-refractivity contribution in [3.8, 4) is 0 Å². The highest BCUT2D eigenvalue weighted by Gasteiger charge is 2.51. The zero-order chi connectivity index (χ0) is 14.9. The summed E-state index contributed by atoms with van der Waals surface area (Å²) in [6.45, 7) is 13.6. The molecule has 1 aliphatic rings. The Labute approximate surface area is 117 Å². The second kappa shape index (κ2) is 5.28. The van der Waals surface area contributed by atoms with E-state index in [4.69, 9.17) is 4.74 Å². The van der Waals surface area contributed by atoms with Crippen LogP contribution in [0.2, 0.25) is 0 Å². The van der Waals surface area contributed by atoms with Crippen molar-refractivity contribution < 1.29 is 14.6 Å². The van der Waals surface area contributed by atoms with E-state index >= 15 is 0 Å². The molecule has 1 aliphatic carbocycles. The molecule has 0 aromatic rings. The predicted octanol–water partition coefficient (Wildman–Crippen LogP) is 3.61. The Balaban J connectivity index is 3.00.